The monoisotopic (exact) mass is 1730 g/mol. The molecule has 41 heteroatoms. The van der Waals surface area contributed by atoms with E-state index in [2.05, 4.69) is 90.4 Å². The number of amides is 20. The van der Waals surface area contributed by atoms with E-state index in [1.807, 2.05) is 13.8 Å². The number of nitrogens with zero attached hydrogens (tertiary/aromatic N) is 1. The zero-order valence-electron chi connectivity index (χ0n) is 76.2. The van der Waals surface area contributed by atoms with Gasteiger partial charge in [0.05, 0.1) is 25.7 Å². The summed E-state index contributed by atoms with van der Waals surface area (Å²) in [5.74, 6) is -17.1. The zero-order chi connectivity index (χ0) is 94.7. The van der Waals surface area contributed by atoms with E-state index in [9.17, 15) is 101 Å². The maximum absolute atomic E-state index is 14.6. The number of nitrogens with two attached hydrogens (primary N) is 2. The Morgan fingerprint density at radius 3 is 1.16 bits per heavy atom. The van der Waals surface area contributed by atoms with Crippen LogP contribution < -0.4 is 102 Å². The van der Waals surface area contributed by atoms with Crippen LogP contribution in [0.15, 0.2) is 0 Å². The fourth-order valence-electron chi connectivity index (χ4n) is 12.5. The van der Waals surface area contributed by atoms with E-state index in [1.54, 1.807) is 48.5 Å². The first-order valence-corrected chi connectivity index (χ1v) is 41.4. The first kappa shape index (κ1) is 109. The molecular weight excluding hydrogens is 1590 g/mol. The minimum Gasteiger partial charge on any atom is -0.394 e. The van der Waals surface area contributed by atoms with Crippen LogP contribution in [0.5, 0.6) is 0 Å². The highest BCUT2D eigenvalue weighted by molar-refractivity contribution is 6.04. The van der Waals surface area contributed by atoms with Crippen LogP contribution in [0.1, 0.15) is 251 Å². The van der Waals surface area contributed by atoms with Crippen LogP contribution in [0, 0.1) is 23.7 Å². The van der Waals surface area contributed by atoms with Crippen molar-refractivity contribution >= 4 is 118 Å². The third-order valence-electron chi connectivity index (χ3n) is 20.5. The van der Waals surface area contributed by atoms with Gasteiger partial charge in [0.25, 0.3) is 0 Å². The van der Waals surface area contributed by atoms with Gasteiger partial charge < -0.3 is 112 Å². The first-order valence-electron chi connectivity index (χ1n) is 41.4. The second-order valence-electron chi connectivity index (χ2n) is 36.7. The molecule has 0 bridgehead atoms. The fraction of sp³-hybridized carbons (Fsp3) is 0.753. The molecule has 122 heavy (non-hydrogen) atoms. The molecule has 20 amide bonds. The highest BCUT2D eigenvalue weighted by atomic mass is 16.3. The van der Waals surface area contributed by atoms with E-state index < -0.39 is 249 Å². The molecule has 0 aromatic rings. The average molecular weight is 1730 g/mol. The smallest absolute Gasteiger partial charge is 0.248 e. The summed E-state index contributed by atoms with van der Waals surface area (Å²) in [6, 6.07) is -9.89. The minimum absolute atomic E-state index is 0.0131. The van der Waals surface area contributed by atoms with Crippen molar-refractivity contribution in [2.75, 3.05) is 26.2 Å². The standard InChI is InChI=1S/C81H142N20O21/c1-27-80(25,71(120)90-49(31-33-54(82)104)60(109)87-48(41-102)36-42(3)4)100-70(119)78(21,22)96-63(112)52(38-44(7)8)89-64(113)53-30-29-35-101(53)73(122)79(23,24)97-62(111)51(37-43(5)6)88-57(107)40-85-67(116)75(15,16)98-65(114)58(45(9)10)92-68(117)76(17,18)95-61(110)50(32-34-55(83)105)91-72(121)81(26,28-2)99-69(118)77(19,20)94-59(108)46(11)86-56(106)39-84-66(115)74(13,14)93-47(12)103/h42-46,48-53,58,102H,27-41H2,1-26H3,(H2,82,104)(H2,83,105)(H,84,115)(H,85,116)(H,86,106)(H,87,109)(H,88,107)(H,89,113)(H,90,120)(H,91,121)(H,92,117)(H,93,103)(H,94,108)(H,95,110)(H,96,112)(H,97,111)(H,98,114)(H,99,118)(H,100,119)/t46-,48+,49-,50-,51+,52-,53+,58+,80+,81+/m0/s1. The molecule has 1 heterocycles. The Hall–Kier alpha value is -10.6. The Bertz CT molecular complexity index is 3820. The lowest BCUT2D eigenvalue weighted by molar-refractivity contribution is -0.145. The lowest BCUT2D eigenvalue weighted by atomic mass is 9.93. The number of carbonyl (C=O) groups is 20. The van der Waals surface area contributed by atoms with Crippen LogP contribution in [0.2, 0.25) is 0 Å². The van der Waals surface area contributed by atoms with Gasteiger partial charge in [-0.2, -0.15) is 0 Å². The maximum atomic E-state index is 14.6. The number of rotatable bonds is 50. The molecule has 0 unspecified atom stereocenters. The van der Waals surface area contributed by atoms with Crippen molar-refractivity contribution in [1.29, 1.82) is 0 Å². The molecule has 1 fully saturated rings. The normalized spacial score (nSPS) is 16.0. The first-order chi connectivity index (χ1) is 55.7. The van der Waals surface area contributed by atoms with Gasteiger partial charge in [0, 0.05) is 26.3 Å². The Morgan fingerprint density at radius 1 is 0.393 bits per heavy atom. The van der Waals surface area contributed by atoms with Crippen LogP contribution in [0.25, 0.3) is 0 Å². The third-order valence-corrected chi connectivity index (χ3v) is 20.5. The largest absolute Gasteiger partial charge is 0.394 e. The summed E-state index contributed by atoms with van der Waals surface area (Å²) < 4.78 is 0. The predicted molar refractivity (Wildman–Crippen MR) is 450 cm³/mol. The molecule has 1 saturated heterocycles. The van der Waals surface area contributed by atoms with Gasteiger partial charge in [-0.05, 0) is 185 Å². The molecule has 0 radical (unpaired) electrons. The van der Waals surface area contributed by atoms with Gasteiger partial charge in [0.2, 0.25) is 118 Å². The van der Waals surface area contributed by atoms with Crippen LogP contribution in [-0.4, -0.2) is 247 Å². The highest BCUT2D eigenvalue weighted by Gasteiger charge is 2.48. The van der Waals surface area contributed by atoms with Gasteiger partial charge >= 0.3 is 0 Å². The predicted octanol–water partition coefficient (Wildman–Crippen LogP) is -3.10. The van der Waals surface area contributed by atoms with Gasteiger partial charge in [0.15, 0.2) is 0 Å². The highest BCUT2D eigenvalue weighted by Crippen LogP contribution is 2.25. The van der Waals surface area contributed by atoms with Crippen molar-refractivity contribution in [3.05, 3.63) is 0 Å². The summed E-state index contributed by atoms with van der Waals surface area (Å²) in [7, 11) is 0. The summed E-state index contributed by atoms with van der Waals surface area (Å²) in [6.07, 6.45) is -0.437. The average Bonchev–Trinajstić information content (AvgIpc) is 1.69. The van der Waals surface area contributed by atoms with Crippen LogP contribution in [0.3, 0.4) is 0 Å². The van der Waals surface area contributed by atoms with Gasteiger partial charge in [0.1, 0.15) is 86.6 Å². The lowest BCUT2D eigenvalue weighted by Gasteiger charge is -2.36. The molecule has 692 valence electrons. The summed E-state index contributed by atoms with van der Waals surface area (Å²) in [5.41, 5.74) is -2.96. The number of primary amides is 2. The maximum Gasteiger partial charge on any atom is 0.248 e. The molecule has 0 spiro atoms. The fourth-order valence-corrected chi connectivity index (χ4v) is 12.5. The number of hydrogen-bond donors (Lipinski definition) is 20. The third kappa shape index (κ3) is 35.1. The van der Waals surface area contributed by atoms with Gasteiger partial charge in [-0.15, -0.1) is 0 Å². The summed E-state index contributed by atoms with van der Waals surface area (Å²) in [4.78, 5) is 272. The minimum atomic E-state index is -1.89. The van der Waals surface area contributed by atoms with Crippen LogP contribution >= 0.6 is 0 Å². The summed E-state index contributed by atoms with van der Waals surface area (Å²) in [5, 5.41) is 53.6. The number of nitrogens with one attached hydrogen (secondary N) is 17. The number of likely N-dealkylation sites (tertiary alicyclic amines) is 1. The van der Waals surface area contributed by atoms with Crippen molar-refractivity contribution in [3.63, 3.8) is 0 Å². The summed E-state index contributed by atoms with van der Waals surface area (Å²) >= 11 is 0. The lowest BCUT2D eigenvalue weighted by Crippen LogP contribution is -2.67. The molecule has 0 aromatic carbocycles. The number of aliphatic hydroxyl groups is 1. The Kier molecular flexibility index (Phi) is 41.7. The SMILES string of the molecule is CC[C@@](C)(NC(=O)C(C)(C)NC(=O)[C@H](C)NC(=O)CNC(=O)C(C)(C)NC(C)=O)C(=O)N[C@@H](CCC(N)=O)C(=O)NC(C)(C)C(=O)N[C@@H](C(=O)NC(C)(C)C(=O)NCC(=O)N[C@H](CC(C)C)C(=O)NC(C)(C)C(=O)N1CCC[C@@H]1C(=O)N[C@@H](CC(C)C)C(=O)NC(C)(C)C(=O)N[C@](C)(CC)C(=O)N[C@@H](CCC(N)=O)C(=O)N[C@@H](CO)CC(C)C)C(C)C. The molecule has 1 rings (SSSR count). The van der Waals surface area contributed by atoms with Crippen LogP contribution in [-0.2, 0) is 95.9 Å². The van der Waals surface area contributed by atoms with Crippen molar-refractivity contribution in [2.24, 2.45) is 35.1 Å². The van der Waals surface area contributed by atoms with Gasteiger partial charge in [-0.1, -0.05) is 69.2 Å². The van der Waals surface area contributed by atoms with E-state index >= 15 is 0 Å². The van der Waals surface area contributed by atoms with Crippen LogP contribution in [0.4, 0.5) is 0 Å². The molecule has 1 aliphatic rings. The van der Waals surface area contributed by atoms with E-state index in [0.29, 0.717) is 12.8 Å². The topological polar surface area (TPSA) is 621 Å². The van der Waals surface area contributed by atoms with E-state index in [-0.39, 0.29) is 69.2 Å². The Labute approximate surface area is 716 Å². The van der Waals surface area contributed by atoms with E-state index in [1.165, 1.54) is 123 Å². The van der Waals surface area contributed by atoms with Crippen molar-refractivity contribution in [3.8, 4) is 0 Å². The van der Waals surface area contributed by atoms with E-state index in [0.717, 1.165) is 0 Å². The van der Waals surface area contributed by atoms with E-state index in [4.69, 9.17) is 11.5 Å². The van der Waals surface area contributed by atoms with Crippen molar-refractivity contribution in [1.82, 2.24) is 95.3 Å². The Morgan fingerprint density at radius 2 is 0.762 bits per heavy atom. The number of hydrogen-bond acceptors (Lipinski definition) is 21. The molecule has 0 saturated carbocycles. The second kappa shape index (κ2) is 46.6. The molecule has 41 nitrogen and oxygen atoms in total. The Balaban J connectivity index is 3.24. The number of carbonyl (C=O) groups excluding carboxylic acids is 20. The molecule has 10 atom stereocenters. The quantitative estimate of drug-likeness (QED) is 0.0287. The second-order valence-corrected chi connectivity index (χ2v) is 36.7. The molecule has 22 N–H and O–H groups in total. The molecular formula is C81H142N20O21. The molecule has 1 aliphatic heterocycles. The zero-order valence-corrected chi connectivity index (χ0v) is 76.2. The van der Waals surface area contributed by atoms with Crippen molar-refractivity contribution < 1.29 is 101 Å². The number of aliphatic hydroxyl groups excluding tert-OH is 1. The van der Waals surface area contributed by atoms with Gasteiger partial charge in [-0.3, -0.25) is 95.9 Å². The molecule has 0 aromatic heterocycles. The van der Waals surface area contributed by atoms with Crippen molar-refractivity contribution in [2.45, 2.75) is 343 Å². The summed E-state index contributed by atoms with van der Waals surface area (Å²) in [6.45, 7) is 37.0. The van der Waals surface area contributed by atoms with Gasteiger partial charge in [-0.25, -0.2) is 0 Å². The molecule has 0 aliphatic carbocycles.